The molecule has 1 heterocycles. The van der Waals surface area contributed by atoms with Crippen LogP contribution in [0.15, 0.2) is 36.7 Å². The van der Waals surface area contributed by atoms with Gasteiger partial charge in [0.15, 0.2) is 5.82 Å². The van der Waals surface area contributed by atoms with E-state index < -0.39 is 0 Å². The van der Waals surface area contributed by atoms with Crippen molar-refractivity contribution in [3.8, 4) is 11.4 Å². The number of nitrogens with zero attached hydrogens (tertiary/aromatic N) is 2. The van der Waals surface area contributed by atoms with Gasteiger partial charge < -0.3 is 0 Å². The van der Waals surface area contributed by atoms with Crippen LogP contribution in [-0.4, -0.2) is 9.97 Å². The normalized spacial score (nSPS) is 11.4. The molecule has 2 nitrogen and oxygen atoms in total. The Morgan fingerprint density at radius 3 is 1.71 bits per heavy atom. The van der Waals surface area contributed by atoms with E-state index in [1.807, 2.05) is 0 Å². The summed E-state index contributed by atoms with van der Waals surface area (Å²) in [5.41, 5.74) is 3.90. The van der Waals surface area contributed by atoms with E-state index in [1.54, 1.807) is 0 Å². The molecule has 0 aliphatic carbocycles. The zero-order valence-corrected chi connectivity index (χ0v) is 23.4. The van der Waals surface area contributed by atoms with Crippen LogP contribution in [0.5, 0.6) is 0 Å². The first-order chi connectivity index (χ1) is 17.2. The van der Waals surface area contributed by atoms with Crippen LogP contribution >= 0.6 is 0 Å². The van der Waals surface area contributed by atoms with E-state index in [9.17, 15) is 0 Å². The van der Waals surface area contributed by atoms with E-state index in [0.29, 0.717) is 0 Å². The molecule has 0 aliphatic rings. The van der Waals surface area contributed by atoms with Crippen LogP contribution in [0.25, 0.3) is 11.4 Å². The topological polar surface area (TPSA) is 25.8 Å². The molecule has 0 aliphatic heterocycles. The number of aromatic nitrogens is 2. The minimum atomic E-state index is 0.863. The molecule has 35 heavy (non-hydrogen) atoms. The highest BCUT2D eigenvalue weighted by atomic mass is 14.9. The van der Waals surface area contributed by atoms with Crippen molar-refractivity contribution in [2.24, 2.45) is 5.92 Å². The van der Waals surface area contributed by atoms with Gasteiger partial charge in [-0.15, -0.1) is 0 Å². The summed E-state index contributed by atoms with van der Waals surface area (Å²) in [7, 11) is 0. The molecule has 2 rings (SSSR count). The quantitative estimate of drug-likeness (QED) is 0.167. The maximum absolute atomic E-state index is 4.75. The third-order valence-corrected chi connectivity index (χ3v) is 7.26. The molecule has 0 saturated carbocycles. The lowest BCUT2D eigenvalue weighted by Crippen LogP contribution is -1.97. The molecule has 1 aromatic carbocycles. The summed E-state index contributed by atoms with van der Waals surface area (Å²) in [5, 5.41) is 0. The van der Waals surface area contributed by atoms with Crippen molar-refractivity contribution in [1.82, 2.24) is 9.97 Å². The number of hydrogen-bond acceptors (Lipinski definition) is 2. The van der Waals surface area contributed by atoms with Crippen molar-refractivity contribution in [2.45, 2.75) is 143 Å². The minimum Gasteiger partial charge on any atom is -0.236 e. The van der Waals surface area contributed by atoms with Crippen molar-refractivity contribution in [1.29, 1.82) is 0 Å². The van der Waals surface area contributed by atoms with Gasteiger partial charge in [-0.3, -0.25) is 0 Å². The van der Waals surface area contributed by atoms with Gasteiger partial charge in [0.05, 0.1) is 0 Å². The average Bonchev–Trinajstić information content (AvgIpc) is 2.87. The van der Waals surface area contributed by atoms with Gasteiger partial charge in [0.2, 0.25) is 0 Å². The van der Waals surface area contributed by atoms with Crippen LogP contribution in [0.4, 0.5) is 0 Å². The van der Waals surface area contributed by atoms with Crippen LogP contribution in [-0.2, 0) is 12.8 Å². The van der Waals surface area contributed by atoms with E-state index in [-0.39, 0.29) is 0 Å². The van der Waals surface area contributed by atoms with Crippen molar-refractivity contribution in [2.75, 3.05) is 0 Å². The second-order valence-electron chi connectivity index (χ2n) is 11.1. The molecule has 0 N–H and O–H groups in total. The van der Waals surface area contributed by atoms with Gasteiger partial charge in [0.25, 0.3) is 0 Å². The maximum Gasteiger partial charge on any atom is 0.159 e. The van der Waals surface area contributed by atoms with Crippen molar-refractivity contribution in [3.05, 3.63) is 47.8 Å². The van der Waals surface area contributed by atoms with Crippen molar-refractivity contribution < 1.29 is 0 Å². The number of unbranched alkanes of at least 4 members (excludes halogenated alkanes) is 14. The number of benzene rings is 1. The monoisotopic (exact) mass is 478 g/mol. The molecule has 1 aromatic heterocycles. The van der Waals surface area contributed by atoms with Crippen LogP contribution in [0, 0.1) is 5.92 Å². The Morgan fingerprint density at radius 2 is 1.11 bits per heavy atom. The number of rotatable bonds is 21. The Labute approximate surface area is 217 Å². The maximum atomic E-state index is 4.75. The van der Waals surface area contributed by atoms with E-state index in [2.05, 4.69) is 57.4 Å². The highest BCUT2D eigenvalue weighted by Gasteiger charge is 2.08. The van der Waals surface area contributed by atoms with E-state index >= 15 is 0 Å². The highest BCUT2D eigenvalue weighted by molar-refractivity contribution is 5.59. The first-order valence-corrected chi connectivity index (χ1v) is 15.1. The second kappa shape index (κ2) is 19.5. The Hall–Kier alpha value is -1.70. The Kier molecular flexibility index (Phi) is 16.4. The lowest BCUT2D eigenvalue weighted by Gasteiger charge is -2.09. The molecule has 0 atom stereocenters. The molecule has 0 saturated heterocycles. The molecule has 0 bridgehead atoms. The van der Waals surface area contributed by atoms with Gasteiger partial charge in [-0.2, -0.15) is 0 Å². The molecule has 0 radical (unpaired) electrons. The molecule has 0 amide bonds. The Balaban J connectivity index is 1.63. The largest absolute Gasteiger partial charge is 0.236 e. The first kappa shape index (κ1) is 29.5. The van der Waals surface area contributed by atoms with Gasteiger partial charge in [0, 0.05) is 18.0 Å². The fourth-order valence-electron chi connectivity index (χ4n) is 4.97. The van der Waals surface area contributed by atoms with Crippen LogP contribution in [0.1, 0.15) is 141 Å². The zero-order chi connectivity index (χ0) is 25.0. The van der Waals surface area contributed by atoms with Crippen molar-refractivity contribution >= 4 is 0 Å². The SMILES string of the molecule is CCCCCCCCCCc1ccccc1-c1ncc(CCCCCCCCCCC(C)C)cn1. The Morgan fingerprint density at radius 1 is 0.600 bits per heavy atom. The summed E-state index contributed by atoms with van der Waals surface area (Å²) in [5.74, 6) is 1.75. The average molecular weight is 479 g/mol. The molecular weight excluding hydrogens is 424 g/mol. The first-order valence-electron chi connectivity index (χ1n) is 15.1. The predicted molar refractivity (Wildman–Crippen MR) is 154 cm³/mol. The van der Waals surface area contributed by atoms with E-state index in [4.69, 9.17) is 9.97 Å². The smallest absolute Gasteiger partial charge is 0.159 e. The van der Waals surface area contributed by atoms with Gasteiger partial charge in [-0.05, 0) is 42.7 Å². The summed E-state index contributed by atoms with van der Waals surface area (Å²) in [6.45, 7) is 6.94. The van der Waals surface area contributed by atoms with Crippen LogP contribution in [0.3, 0.4) is 0 Å². The molecule has 0 spiro atoms. The predicted octanol–water partition coefficient (Wildman–Crippen LogP) is 10.5. The summed E-state index contributed by atoms with van der Waals surface area (Å²) in [4.78, 5) is 9.51. The van der Waals surface area contributed by atoms with E-state index in [0.717, 1.165) is 24.6 Å². The third-order valence-electron chi connectivity index (χ3n) is 7.26. The fraction of sp³-hybridized carbons (Fsp3) is 0.697. The third kappa shape index (κ3) is 13.8. The van der Waals surface area contributed by atoms with Gasteiger partial charge >= 0.3 is 0 Å². The Bertz CT molecular complexity index is 750. The molecular formula is C33H54N2. The summed E-state index contributed by atoms with van der Waals surface area (Å²) in [6.07, 6.45) is 29.7. The van der Waals surface area contributed by atoms with Crippen molar-refractivity contribution in [3.63, 3.8) is 0 Å². The minimum absolute atomic E-state index is 0.863. The van der Waals surface area contributed by atoms with Gasteiger partial charge in [-0.1, -0.05) is 141 Å². The second-order valence-corrected chi connectivity index (χ2v) is 11.1. The molecule has 196 valence electrons. The lowest BCUT2D eigenvalue weighted by molar-refractivity contribution is 0.507. The van der Waals surface area contributed by atoms with Crippen LogP contribution in [0.2, 0.25) is 0 Å². The van der Waals surface area contributed by atoms with Gasteiger partial charge in [0.1, 0.15) is 0 Å². The summed E-state index contributed by atoms with van der Waals surface area (Å²) in [6, 6.07) is 8.73. The molecule has 2 heteroatoms. The highest BCUT2D eigenvalue weighted by Crippen LogP contribution is 2.23. The summed E-state index contributed by atoms with van der Waals surface area (Å²) < 4.78 is 0. The van der Waals surface area contributed by atoms with Crippen LogP contribution < -0.4 is 0 Å². The standard InChI is InChI=1S/C33H54N2/c1-4-5-6-7-8-13-16-19-24-31-25-20-21-26-32(31)33-34-27-30(28-35-33)23-18-15-12-10-9-11-14-17-22-29(2)3/h20-21,25-29H,4-19,22-24H2,1-3H3. The molecule has 0 fully saturated rings. The molecule has 0 unspecified atom stereocenters. The van der Waals surface area contributed by atoms with E-state index in [1.165, 1.54) is 126 Å². The fourth-order valence-corrected chi connectivity index (χ4v) is 4.97. The summed E-state index contributed by atoms with van der Waals surface area (Å²) >= 11 is 0. The lowest BCUT2D eigenvalue weighted by atomic mass is 9.99. The number of hydrogen-bond donors (Lipinski definition) is 0. The van der Waals surface area contributed by atoms with Gasteiger partial charge in [-0.25, -0.2) is 9.97 Å². The number of aryl methyl sites for hydroxylation is 2. The zero-order valence-electron chi connectivity index (χ0n) is 23.4. The molecule has 2 aromatic rings.